The van der Waals surface area contributed by atoms with Gasteiger partial charge in [0.05, 0.1) is 12.9 Å². The van der Waals surface area contributed by atoms with Gasteiger partial charge < -0.3 is 21.0 Å². The van der Waals surface area contributed by atoms with Crippen molar-refractivity contribution in [1.82, 2.24) is 0 Å². The van der Waals surface area contributed by atoms with Crippen LogP contribution in [0.25, 0.3) is 77.2 Å². The summed E-state index contributed by atoms with van der Waals surface area (Å²) in [4.78, 5) is 0. The molecule has 266 valence electrons. The molecule has 0 saturated carbocycles. The summed E-state index contributed by atoms with van der Waals surface area (Å²) in [7, 11) is 1.50. The number of nitrogens with one attached hydrogen (secondary N) is 1. The lowest BCUT2D eigenvalue weighted by Crippen LogP contribution is -1.94. The molecule has 0 bridgehead atoms. The molecule has 0 spiro atoms. The third-order valence-corrected chi connectivity index (χ3v) is 9.49. The first-order valence-corrected chi connectivity index (χ1v) is 17.9. The number of hydrogen-bond donors (Lipinski definition) is 3. The van der Waals surface area contributed by atoms with Crippen LogP contribution in [-0.2, 0) is 18.0 Å². The van der Waals surface area contributed by atoms with Crippen LogP contribution < -0.4 is 5.73 Å². The molecular weight excluding hydrogens is 661 g/mol. The van der Waals surface area contributed by atoms with Crippen LogP contribution in [0.1, 0.15) is 11.1 Å². The Morgan fingerprint density at radius 2 is 0.907 bits per heavy atom. The second kappa shape index (κ2) is 17.8. The lowest BCUT2D eigenvalue weighted by Gasteiger charge is -2.20. The summed E-state index contributed by atoms with van der Waals surface area (Å²) in [6.45, 7) is 6.68. The highest BCUT2D eigenvalue weighted by atomic mass is 16.5. The number of benzene rings is 8. The van der Waals surface area contributed by atoms with Gasteiger partial charge in [-0.05, 0) is 138 Å². The lowest BCUT2D eigenvalue weighted by molar-refractivity contribution is 0.238. The molecule has 4 N–H and O–H groups in total. The van der Waals surface area contributed by atoms with Crippen LogP contribution in [0.2, 0.25) is 0 Å². The summed E-state index contributed by atoms with van der Waals surface area (Å²) in [6, 6.07) is 60.6. The summed E-state index contributed by atoms with van der Waals surface area (Å²) in [5, 5.41) is 20.3. The minimum absolute atomic E-state index is 0.0127. The maximum atomic E-state index is 10.1. The number of fused-ring (bicyclic) bond motifs is 2. The fraction of sp³-hybridized carbons (Fsp3) is 0.0600. The van der Waals surface area contributed by atoms with Crippen molar-refractivity contribution in [2.75, 3.05) is 7.05 Å². The molecule has 0 aliphatic rings. The first kappa shape index (κ1) is 37.2. The molecule has 0 fully saturated rings. The first-order valence-electron chi connectivity index (χ1n) is 17.9. The number of aliphatic hydroxyl groups excluding tert-OH is 1. The predicted octanol–water partition coefficient (Wildman–Crippen LogP) is 12.3. The average molecular weight is 705 g/mol. The normalized spacial score (nSPS) is 10.5. The SMILES string of the molecule is C=COCc1cccc(-c2c3ccccc3c(-c3cccc(CO)c3)c3cc(-c4cc(-c5ccccc5)cc(-c5ccccc5)c4)ccc23)c1.C=N.CN. The minimum Gasteiger partial charge on any atom is -0.497 e. The fourth-order valence-electron chi connectivity index (χ4n) is 7.17. The fourth-order valence-corrected chi connectivity index (χ4v) is 7.17. The largest absolute Gasteiger partial charge is 0.497 e. The molecule has 54 heavy (non-hydrogen) atoms. The molecule has 0 aliphatic heterocycles. The molecular formula is C50H44N2O2. The zero-order chi connectivity index (χ0) is 37.9. The van der Waals surface area contributed by atoms with Gasteiger partial charge in [0.25, 0.3) is 0 Å². The van der Waals surface area contributed by atoms with Crippen LogP contribution in [0.3, 0.4) is 0 Å². The van der Waals surface area contributed by atoms with Gasteiger partial charge in [-0.25, -0.2) is 0 Å². The van der Waals surface area contributed by atoms with Crippen LogP contribution in [0.4, 0.5) is 0 Å². The minimum atomic E-state index is -0.0127. The van der Waals surface area contributed by atoms with Crippen LogP contribution in [-0.4, -0.2) is 18.9 Å². The molecule has 0 aliphatic carbocycles. The Balaban J connectivity index is 0.00000120. The van der Waals surface area contributed by atoms with E-state index in [0.29, 0.717) is 6.61 Å². The second-order valence-electron chi connectivity index (χ2n) is 12.6. The molecule has 0 radical (unpaired) electrons. The summed E-state index contributed by atoms with van der Waals surface area (Å²) in [6.07, 6.45) is 1.49. The smallest absolute Gasteiger partial charge is 0.112 e. The van der Waals surface area contributed by atoms with Crippen molar-refractivity contribution in [1.29, 1.82) is 5.41 Å². The molecule has 4 heteroatoms. The number of aliphatic hydroxyl groups is 1. The maximum absolute atomic E-state index is 10.1. The Morgan fingerprint density at radius 3 is 1.44 bits per heavy atom. The number of hydrogen-bond acceptors (Lipinski definition) is 4. The van der Waals surface area contributed by atoms with Gasteiger partial charge in [0, 0.05) is 0 Å². The number of nitrogens with two attached hydrogens (primary N) is 1. The van der Waals surface area contributed by atoms with E-state index in [1.165, 1.54) is 51.9 Å². The van der Waals surface area contributed by atoms with Crippen molar-refractivity contribution >= 4 is 28.3 Å². The highest BCUT2D eigenvalue weighted by Gasteiger charge is 2.18. The van der Waals surface area contributed by atoms with E-state index >= 15 is 0 Å². The monoisotopic (exact) mass is 704 g/mol. The standard InChI is InChI=1S/C48H36O2.CH5N.CH3N/c1-2-50-32-34-14-12-20-39(26-34)47-43-21-9-10-22-44(43)48(38-19-11-13-33(25-38)31-49)46-30-37(23-24-45(46)47)42-28-40(35-15-5-3-6-16-35)27-41(29-42)36-17-7-4-8-18-36;2*1-2/h2-30,49H,1,31-32H2;2H2,1H3;2H,1H2. The first-order chi connectivity index (χ1) is 26.7. The van der Waals surface area contributed by atoms with Crippen molar-refractivity contribution in [3.05, 3.63) is 194 Å². The zero-order valence-electron chi connectivity index (χ0n) is 30.5. The van der Waals surface area contributed by atoms with Gasteiger partial charge in [-0.2, -0.15) is 0 Å². The van der Waals surface area contributed by atoms with Crippen molar-refractivity contribution in [2.45, 2.75) is 13.2 Å². The Kier molecular flexibility index (Phi) is 12.2. The van der Waals surface area contributed by atoms with Gasteiger partial charge in [0.2, 0.25) is 0 Å². The molecule has 0 atom stereocenters. The van der Waals surface area contributed by atoms with E-state index in [1.807, 2.05) is 12.1 Å². The summed E-state index contributed by atoms with van der Waals surface area (Å²) in [5.74, 6) is 0. The van der Waals surface area contributed by atoms with Crippen LogP contribution in [0.5, 0.6) is 0 Å². The maximum Gasteiger partial charge on any atom is 0.112 e. The molecule has 0 unspecified atom stereocenters. The Hall–Kier alpha value is -6.59. The van der Waals surface area contributed by atoms with Crippen LogP contribution in [0, 0.1) is 5.41 Å². The third-order valence-electron chi connectivity index (χ3n) is 9.49. The molecule has 4 nitrogen and oxygen atoms in total. The van der Waals surface area contributed by atoms with Gasteiger partial charge >= 0.3 is 0 Å². The van der Waals surface area contributed by atoms with E-state index < -0.39 is 0 Å². The molecule has 8 rings (SSSR count). The van der Waals surface area contributed by atoms with E-state index in [9.17, 15) is 5.11 Å². The average Bonchev–Trinajstić information content (AvgIpc) is 3.26. The number of rotatable bonds is 9. The van der Waals surface area contributed by atoms with E-state index in [-0.39, 0.29) is 6.61 Å². The van der Waals surface area contributed by atoms with E-state index in [0.717, 1.165) is 49.7 Å². The Morgan fingerprint density at radius 1 is 0.463 bits per heavy atom. The molecule has 8 aromatic carbocycles. The topological polar surface area (TPSA) is 79.3 Å². The predicted molar refractivity (Wildman–Crippen MR) is 229 cm³/mol. The van der Waals surface area contributed by atoms with Gasteiger partial charge in [-0.3, -0.25) is 0 Å². The van der Waals surface area contributed by atoms with Crippen molar-refractivity contribution in [3.63, 3.8) is 0 Å². The third kappa shape index (κ3) is 7.76. The van der Waals surface area contributed by atoms with Crippen molar-refractivity contribution in [3.8, 4) is 55.6 Å². The van der Waals surface area contributed by atoms with E-state index in [2.05, 4.69) is 177 Å². The Labute approximate surface area is 318 Å². The number of ether oxygens (including phenoxy) is 1. The lowest BCUT2D eigenvalue weighted by atomic mass is 9.84. The van der Waals surface area contributed by atoms with Crippen molar-refractivity contribution < 1.29 is 9.84 Å². The van der Waals surface area contributed by atoms with Crippen LogP contribution >= 0.6 is 0 Å². The summed E-state index contributed by atoms with van der Waals surface area (Å²) in [5.41, 5.74) is 18.0. The van der Waals surface area contributed by atoms with Crippen LogP contribution in [0.15, 0.2) is 183 Å². The van der Waals surface area contributed by atoms with Gasteiger partial charge in [-0.15, -0.1) is 0 Å². The van der Waals surface area contributed by atoms with Gasteiger partial charge in [-0.1, -0.05) is 140 Å². The van der Waals surface area contributed by atoms with Gasteiger partial charge in [0.1, 0.15) is 6.61 Å². The quantitative estimate of drug-likeness (QED) is 0.0795. The van der Waals surface area contributed by atoms with Gasteiger partial charge in [0.15, 0.2) is 0 Å². The summed E-state index contributed by atoms with van der Waals surface area (Å²) < 4.78 is 5.58. The highest BCUT2D eigenvalue weighted by Crippen LogP contribution is 2.45. The molecule has 8 aromatic rings. The molecule has 0 aromatic heterocycles. The zero-order valence-corrected chi connectivity index (χ0v) is 30.5. The highest BCUT2D eigenvalue weighted by molar-refractivity contribution is 6.22. The second-order valence-corrected chi connectivity index (χ2v) is 12.6. The molecule has 0 heterocycles. The molecule has 0 saturated heterocycles. The Bertz CT molecular complexity index is 2450. The van der Waals surface area contributed by atoms with E-state index in [1.54, 1.807) is 0 Å². The summed E-state index contributed by atoms with van der Waals surface area (Å²) >= 11 is 0. The van der Waals surface area contributed by atoms with Crippen molar-refractivity contribution in [2.24, 2.45) is 5.73 Å². The molecule has 0 amide bonds. The van der Waals surface area contributed by atoms with E-state index in [4.69, 9.17) is 10.1 Å².